The molecule has 3 heteroatoms. The number of nitrogens with zero attached hydrogens (tertiary/aromatic N) is 1. The van der Waals surface area contributed by atoms with Crippen LogP contribution in [-0.4, -0.2) is 11.8 Å². The smallest absolute Gasteiger partial charge is 0.0621 e. The summed E-state index contributed by atoms with van der Waals surface area (Å²) >= 11 is 1.90. The monoisotopic (exact) mass is 260 g/mol. The normalized spacial score (nSPS) is 14.4. The molecule has 0 aromatic heterocycles. The van der Waals surface area contributed by atoms with Gasteiger partial charge in [0.15, 0.2) is 0 Å². The van der Waals surface area contributed by atoms with Gasteiger partial charge in [0.25, 0.3) is 0 Å². The molecule has 0 spiro atoms. The summed E-state index contributed by atoms with van der Waals surface area (Å²) in [7, 11) is 0. The summed E-state index contributed by atoms with van der Waals surface area (Å²) in [5, 5.41) is 12.0. The van der Waals surface area contributed by atoms with Crippen molar-refractivity contribution in [2.75, 3.05) is 5.75 Å². The van der Waals surface area contributed by atoms with Crippen LogP contribution in [0.15, 0.2) is 29.2 Å². The van der Waals surface area contributed by atoms with E-state index in [0.29, 0.717) is 6.42 Å². The zero-order valence-corrected chi connectivity index (χ0v) is 11.5. The molecule has 2 rings (SSSR count). The number of hydrogen-bond acceptors (Lipinski definition) is 3. The maximum absolute atomic E-state index is 8.46. The topological polar surface area (TPSA) is 35.8 Å². The number of thioether (sulfide) groups is 1. The minimum atomic E-state index is 0.686. The molecule has 0 atom stereocenters. The highest BCUT2D eigenvalue weighted by Gasteiger charge is 2.19. The van der Waals surface area contributed by atoms with Gasteiger partial charge in [-0.15, -0.1) is 11.8 Å². The highest BCUT2D eigenvalue weighted by molar-refractivity contribution is 7.99. The summed E-state index contributed by atoms with van der Waals surface area (Å²) < 4.78 is 0. The quantitative estimate of drug-likeness (QED) is 0.571. The lowest BCUT2D eigenvalue weighted by Gasteiger charge is -2.06. The van der Waals surface area contributed by atoms with Crippen molar-refractivity contribution in [3.05, 3.63) is 29.8 Å². The average molecular weight is 260 g/mol. The average Bonchev–Trinajstić information content (AvgIpc) is 3.21. The molecule has 1 saturated carbocycles. The van der Waals surface area contributed by atoms with Crippen LogP contribution in [-0.2, 0) is 6.54 Å². The van der Waals surface area contributed by atoms with E-state index in [4.69, 9.17) is 5.26 Å². The molecule has 2 nitrogen and oxygen atoms in total. The van der Waals surface area contributed by atoms with Crippen LogP contribution in [0.1, 0.15) is 37.7 Å². The van der Waals surface area contributed by atoms with Gasteiger partial charge in [-0.25, -0.2) is 0 Å². The minimum absolute atomic E-state index is 0.686. The summed E-state index contributed by atoms with van der Waals surface area (Å²) in [4.78, 5) is 1.35. The molecule has 0 amide bonds. The van der Waals surface area contributed by atoms with E-state index in [1.54, 1.807) is 0 Å². The maximum Gasteiger partial charge on any atom is 0.0621 e. The lowest BCUT2D eigenvalue weighted by atomic mass is 10.2. The van der Waals surface area contributed by atoms with E-state index < -0.39 is 0 Å². The van der Waals surface area contributed by atoms with Crippen LogP contribution < -0.4 is 5.32 Å². The third-order valence-corrected chi connectivity index (χ3v) is 4.10. The Kier molecular flexibility index (Phi) is 5.57. The molecule has 1 fully saturated rings. The van der Waals surface area contributed by atoms with Gasteiger partial charge in [0.2, 0.25) is 0 Å². The summed E-state index contributed by atoms with van der Waals surface area (Å²) in [5.74, 6) is 1.11. The van der Waals surface area contributed by atoms with Crippen LogP contribution in [0, 0.1) is 11.3 Å². The third kappa shape index (κ3) is 5.12. The van der Waals surface area contributed by atoms with Gasteiger partial charge in [-0.1, -0.05) is 12.1 Å². The lowest BCUT2D eigenvalue weighted by molar-refractivity contribution is 0.687. The van der Waals surface area contributed by atoms with E-state index >= 15 is 0 Å². The fourth-order valence-electron chi connectivity index (χ4n) is 1.79. The Hall–Kier alpha value is -0.980. The first-order chi connectivity index (χ1) is 8.88. The molecule has 0 heterocycles. The molecule has 0 bridgehead atoms. The van der Waals surface area contributed by atoms with Gasteiger partial charge >= 0.3 is 0 Å². The maximum atomic E-state index is 8.46. The first-order valence-electron chi connectivity index (χ1n) is 6.70. The second kappa shape index (κ2) is 7.45. The Morgan fingerprint density at radius 3 is 3.00 bits per heavy atom. The van der Waals surface area contributed by atoms with E-state index in [1.807, 2.05) is 11.8 Å². The Balaban J connectivity index is 1.70. The van der Waals surface area contributed by atoms with Crippen LogP contribution in [0.5, 0.6) is 0 Å². The predicted octanol–water partition coefficient (Wildman–Crippen LogP) is 3.72. The number of hydrogen-bond donors (Lipinski definition) is 1. The van der Waals surface area contributed by atoms with Crippen LogP contribution in [0.3, 0.4) is 0 Å². The number of rotatable bonds is 8. The molecule has 1 aliphatic rings. The molecular formula is C15H20N2S. The van der Waals surface area contributed by atoms with Gasteiger partial charge in [0, 0.05) is 23.9 Å². The van der Waals surface area contributed by atoms with Crippen molar-refractivity contribution in [3.63, 3.8) is 0 Å². The Bertz CT molecular complexity index is 407. The van der Waals surface area contributed by atoms with Crippen molar-refractivity contribution in [1.82, 2.24) is 5.32 Å². The van der Waals surface area contributed by atoms with Crippen LogP contribution in [0.25, 0.3) is 0 Å². The van der Waals surface area contributed by atoms with E-state index in [0.717, 1.165) is 31.2 Å². The fraction of sp³-hybridized carbons (Fsp3) is 0.533. The first-order valence-corrected chi connectivity index (χ1v) is 7.69. The summed E-state index contributed by atoms with van der Waals surface area (Å²) in [6, 6.07) is 11.8. The molecule has 1 aromatic rings. The van der Waals surface area contributed by atoms with Crippen LogP contribution in [0.2, 0.25) is 0 Å². The molecule has 96 valence electrons. The molecule has 1 aromatic carbocycles. The number of nitriles is 1. The Morgan fingerprint density at radius 1 is 1.33 bits per heavy atom. The van der Waals surface area contributed by atoms with Gasteiger partial charge in [0.1, 0.15) is 0 Å². The highest BCUT2D eigenvalue weighted by atomic mass is 32.2. The van der Waals surface area contributed by atoms with E-state index in [2.05, 4.69) is 35.7 Å². The Morgan fingerprint density at radius 2 is 2.22 bits per heavy atom. The van der Waals surface area contributed by atoms with Crippen LogP contribution in [0.4, 0.5) is 0 Å². The summed E-state index contributed by atoms with van der Waals surface area (Å²) in [5.41, 5.74) is 1.38. The van der Waals surface area contributed by atoms with E-state index in [-0.39, 0.29) is 0 Å². The van der Waals surface area contributed by atoms with Crippen molar-refractivity contribution in [2.24, 2.45) is 0 Å². The predicted molar refractivity (Wildman–Crippen MR) is 76.5 cm³/mol. The standard InChI is InChI=1S/C15H20N2S/c16-9-2-1-3-10-18-15-6-4-5-13(11-15)12-17-14-7-8-14/h4-6,11,14,17H,1-3,7-8,10,12H2. The zero-order valence-electron chi connectivity index (χ0n) is 10.7. The second-order valence-electron chi connectivity index (χ2n) is 4.77. The van der Waals surface area contributed by atoms with Crippen LogP contribution >= 0.6 is 11.8 Å². The minimum Gasteiger partial charge on any atom is -0.310 e. The summed E-state index contributed by atoms with van der Waals surface area (Å²) in [6.07, 6.45) is 5.52. The van der Waals surface area contributed by atoms with Gasteiger partial charge in [-0.2, -0.15) is 5.26 Å². The molecule has 1 N–H and O–H groups in total. The SMILES string of the molecule is N#CCCCCSc1cccc(CNC2CC2)c1. The molecule has 1 aliphatic carbocycles. The number of benzene rings is 1. The molecular weight excluding hydrogens is 240 g/mol. The van der Waals surface area contributed by atoms with E-state index in [1.165, 1.54) is 23.3 Å². The van der Waals surface area contributed by atoms with Crippen molar-refractivity contribution in [2.45, 2.75) is 49.6 Å². The first kappa shape index (κ1) is 13.5. The molecule has 0 saturated heterocycles. The number of nitrogens with one attached hydrogen (secondary N) is 1. The molecule has 18 heavy (non-hydrogen) atoms. The van der Waals surface area contributed by atoms with Crippen molar-refractivity contribution in [1.29, 1.82) is 5.26 Å². The van der Waals surface area contributed by atoms with Gasteiger partial charge < -0.3 is 5.32 Å². The van der Waals surface area contributed by atoms with Gasteiger partial charge in [-0.05, 0) is 49.1 Å². The van der Waals surface area contributed by atoms with E-state index in [9.17, 15) is 0 Å². The zero-order chi connectivity index (χ0) is 12.6. The van der Waals surface area contributed by atoms with Crippen molar-refractivity contribution < 1.29 is 0 Å². The van der Waals surface area contributed by atoms with Gasteiger partial charge in [0.05, 0.1) is 6.07 Å². The third-order valence-electron chi connectivity index (χ3n) is 3.02. The molecule has 0 aliphatic heterocycles. The molecule has 0 radical (unpaired) electrons. The Labute approximate surface area is 114 Å². The highest BCUT2D eigenvalue weighted by Crippen LogP contribution is 2.22. The summed E-state index contributed by atoms with van der Waals surface area (Å²) in [6.45, 7) is 0.994. The fourth-order valence-corrected chi connectivity index (χ4v) is 2.78. The largest absolute Gasteiger partial charge is 0.310 e. The molecule has 0 unspecified atom stereocenters. The van der Waals surface area contributed by atoms with Crippen molar-refractivity contribution >= 4 is 11.8 Å². The van der Waals surface area contributed by atoms with Crippen molar-refractivity contribution in [3.8, 4) is 6.07 Å². The van der Waals surface area contributed by atoms with Gasteiger partial charge in [-0.3, -0.25) is 0 Å². The number of unbranched alkanes of at least 4 members (excludes halogenated alkanes) is 2. The lowest BCUT2D eigenvalue weighted by Crippen LogP contribution is -2.15. The second-order valence-corrected chi connectivity index (χ2v) is 5.93.